The van der Waals surface area contributed by atoms with E-state index >= 15 is 0 Å². The number of ether oxygens (including phenoxy) is 2. The van der Waals surface area contributed by atoms with Gasteiger partial charge in [-0.1, -0.05) is 67.5 Å². The fourth-order valence-electron chi connectivity index (χ4n) is 3.53. The fourth-order valence-corrected chi connectivity index (χ4v) is 4.43. The summed E-state index contributed by atoms with van der Waals surface area (Å²) in [6.07, 6.45) is 5.31. The van der Waals surface area contributed by atoms with Gasteiger partial charge >= 0.3 is 0 Å². The largest absolute Gasteiger partial charge is 0.490 e. The average molecular weight is 478 g/mol. The maximum atomic E-state index is 13.0. The molecule has 2 heterocycles. The van der Waals surface area contributed by atoms with E-state index in [0.717, 1.165) is 41.7 Å². The molecule has 0 aliphatic carbocycles. The minimum atomic E-state index is -0.417. The van der Waals surface area contributed by atoms with E-state index in [9.17, 15) is 9.59 Å². The Bertz CT molecular complexity index is 1430. The second-order valence-electron chi connectivity index (χ2n) is 7.83. The Kier molecular flexibility index (Phi) is 7.69. The van der Waals surface area contributed by atoms with E-state index in [1.807, 2.05) is 55.5 Å². The van der Waals surface area contributed by atoms with Gasteiger partial charge in [-0.3, -0.25) is 9.59 Å². The highest BCUT2D eigenvalue weighted by atomic mass is 32.1. The number of benzene rings is 2. The number of nitrogens with zero attached hydrogens (tertiary/aromatic N) is 3. The molecule has 0 fully saturated rings. The van der Waals surface area contributed by atoms with Gasteiger partial charge in [0.15, 0.2) is 11.5 Å². The van der Waals surface area contributed by atoms with Crippen LogP contribution in [0.3, 0.4) is 0 Å². The standard InChI is InChI=1S/C26H27N3O4S/c1-3-5-9-14-33-21-13-12-19(16-22(21)32-4-2)17-23-25(31)29-26(34-23)27-24(30)20(28-29)15-18-10-7-6-8-11-18/h6-8,10-13,16-17H,3-5,9,14-15H2,1-2H3/b23-17+. The monoisotopic (exact) mass is 477 g/mol. The molecule has 0 aliphatic rings. The normalized spacial score (nSPS) is 11.8. The van der Waals surface area contributed by atoms with Gasteiger partial charge in [-0.25, -0.2) is 0 Å². The van der Waals surface area contributed by atoms with Crippen LogP contribution >= 0.6 is 11.3 Å². The van der Waals surface area contributed by atoms with Gasteiger partial charge in [0.2, 0.25) is 4.96 Å². The molecule has 0 amide bonds. The Morgan fingerprint density at radius 1 is 1.00 bits per heavy atom. The van der Waals surface area contributed by atoms with Crippen LogP contribution < -0.4 is 25.1 Å². The number of hydrogen-bond acceptors (Lipinski definition) is 7. The Morgan fingerprint density at radius 2 is 1.82 bits per heavy atom. The van der Waals surface area contributed by atoms with Crippen molar-refractivity contribution in [3.63, 3.8) is 0 Å². The second kappa shape index (κ2) is 11.1. The van der Waals surface area contributed by atoms with Crippen molar-refractivity contribution in [1.29, 1.82) is 0 Å². The van der Waals surface area contributed by atoms with E-state index in [1.54, 1.807) is 6.08 Å². The van der Waals surface area contributed by atoms with Crippen LogP contribution in [0.5, 0.6) is 11.5 Å². The van der Waals surface area contributed by atoms with Gasteiger partial charge in [0.25, 0.3) is 11.1 Å². The lowest BCUT2D eigenvalue weighted by atomic mass is 10.1. The first-order valence-electron chi connectivity index (χ1n) is 11.5. The van der Waals surface area contributed by atoms with Crippen molar-refractivity contribution >= 4 is 22.4 Å². The molecule has 0 saturated carbocycles. The summed E-state index contributed by atoms with van der Waals surface area (Å²) in [6.45, 7) is 5.21. The lowest BCUT2D eigenvalue weighted by Gasteiger charge is -2.12. The fraction of sp³-hybridized carbons (Fsp3) is 0.308. The van der Waals surface area contributed by atoms with Crippen LogP contribution in [-0.2, 0) is 6.42 Å². The van der Waals surface area contributed by atoms with Crippen LogP contribution in [0, 0.1) is 0 Å². The van der Waals surface area contributed by atoms with Crippen molar-refractivity contribution in [1.82, 2.24) is 14.6 Å². The smallest absolute Gasteiger partial charge is 0.296 e. The summed E-state index contributed by atoms with van der Waals surface area (Å²) in [6, 6.07) is 15.1. The third-order valence-electron chi connectivity index (χ3n) is 5.24. The quantitative estimate of drug-likeness (QED) is 0.325. The highest BCUT2D eigenvalue weighted by molar-refractivity contribution is 7.15. The number of rotatable bonds is 10. The SMILES string of the molecule is CCCCCOc1ccc(/C=c2/sc3nc(=O)c(Cc4ccccc4)nn3c2=O)cc1OCC. The van der Waals surface area contributed by atoms with E-state index in [1.165, 1.54) is 4.52 Å². The van der Waals surface area contributed by atoms with Gasteiger partial charge in [0.05, 0.1) is 17.7 Å². The number of aromatic nitrogens is 3. The molecule has 0 atom stereocenters. The number of fused-ring (bicyclic) bond motifs is 1. The third-order valence-corrected chi connectivity index (χ3v) is 6.19. The topological polar surface area (TPSA) is 82.8 Å². The van der Waals surface area contributed by atoms with Crippen molar-refractivity contribution in [2.45, 2.75) is 39.5 Å². The summed E-state index contributed by atoms with van der Waals surface area (Å²) in [7, 11) is 0. The zero-order valence-corrected chi connectivity index (χ0v) is 20.1. The highest BCUT2D eigenvalue weighted by Crippen LogP contribution is 2.29. The van der Waals surface area contributed by atoms with E-state index in [2.05, 4.69) is 17.0 Å². The molecule has 34 heavy (non-hydrogen) atoms. The molecule has 7 nitrogen and oxygen atoms in total. The summed E-state index contributed by atoms with van der Waals surface area (Å²) in [4.78, 5) is 29.9. The van der Waals surface area contributed by atoms with Crippen LogP contribution in [0.4, 0.5) is 0 Å². The molecule has 2 aromatic heterocycles. The van der Waals surface area contributed by atoms with Gasteiger partial charge in [-0.05, 0) is 42.7 Å². The Balaban J connectivity index is 1.66. The van der Waals surface area contributed by atoms with Crippen molar-refractivity contribution in [2.75, 3.05) is 13.2 Å². The van der Waals surface area contributed by atoms with Crippen LogP contribution in [0.25, 0.3) is 11.0 Å². The third kappa shape index (κ3) is 5.51. The van der Waals surface area contributed by atoms with Gasteiger partial charge < -0.3 is 9.47 Å². The summed E-state index contributed by atoms with van der Waals surface area (Å²) in [5.74, 6) is 1.32. The van der Waals surface area contributed by atoms with Crippen molar-refractivity contribution in [3.8, 4) is 11.5 Å². The van der Waals surface area contributed by atoms with E-state index in [-0.39, 0.29) is 16.2 Å². The van der Waals surface area contributed by atoms with Crippen LogP contribution in [0.1, 0.15) is 49.9 Å². The molecule has 0 unspecified atom stereocenters. The van der Waals surface area contributed by atoms with Crippen LogP contribution in [0.2, 0.25) is 0 Å². The van der Waals surface area contributed by atoms with Crippen molar-refractivity contribution in [2.24, 2.45) is 0 Å². The highest BCUT2D eigenvalue weighted by Gasteiger charge is 2.12. The maximum absolute atomic E-state index is 13.0. The van der Waals surface area contributed by atoms with E-state index in [4.69, 9.17) is 9.47 Å². The number of hydrogen-bond donors (Lipinski definition) is 0. The molecule has 4 aromatic rings. The van der Waals surface area contributed by atoms with Crippen molar-refractivity contribution in [3.05, 3.63) is 90.6 Å². The molecular formula is C26H27N3O4S. The van der Waals surface area contributed by atoms with Crippen molar-refractivity contribution < 1.29 is 9.47 Å². The zero-order valence-electron chi connectivity index (χ0n) is 19.3. The lowest BCUT2D eigenvalue weighted by Crippen LogP contribution is -2.28. The minimum Gasteiger partial charge on any atom is -0.490 e. The molecule has 0 spiro atoms. The summed E-state index contributed by atoms with van der Waals surface area (Å²) >= 11 is 1.14. The first-order valence-corrected chi connectivity index (χ1v) is 12.3. The zero-order chi connectivity index (χ0) is 23.9. The second-order valence-corrected chi connectivity index (χ2v) is 8.84. The molecule has 8 heteroatoms. The molecule has 4 rings (SSSR count). The molecule has 0 aliphatic heterocycles. The van der Waals surface area contributed by atoms with Crippen LogP contribution in [-0.4, -0.2) is 27.8 Å². The lowest BCUT2D eigenvalue weighted by molar-refractivity contribution is 0.271. The maximum Gasteiger partial charge on any atom is 0.296 e. The van der Waals surface area contributed by atoms with Crippen LogP contribution in [0.15, 0.2) is 58.1 Å². The number of unbranched alkanes of at least 4 members (excludes halogenated alkanes) is 2. The van der Waals surface area contributed by atoms with E-state index < -0.39 is 5.56 Å². The Morgan fingerprint density at radius 3 is 2.59 bits per heavy atom. The minimum absolute atomic E-state index is 0.244. The van der Waals surface area contributed by atoms with Gasteiger partial charge in [0, 0.05) is 6.42 Å². The molecule has 0 N–H and O–H groups in total. The summed E-state index contributed by atoms with van der Waals surface area (Å²) < 4.78 is 13.3. The predicted molar refractivity (Wildman–Crippen MR) is 134 cm³/mol. The average Bonchev–Trinajstić information content (AvgIpc) is 3.13. The molecule has 0 radical (unpaired) electrons. The van der Waals surface area contributed by atoms with Gasteiger partial charge in [-0.15, -0.1) is 0 Å². The molecular weight excluding hydrogens is 450 g/mol. The van der Waals surface area contributed by atoms with Gasteiger partial charge in [0.1, 0.15) is 5.69 Å². The Hall–Kier alpha value is -3.52. The first kappa shape index (κ1) is 23.6. The molecule has 2 aromatic carbocycles. The molecule has 176 valence electrons. The molecule has 0 saturated heterocycles. The number of thiazole rings is 1. The predicted octanol–water partition coefficient (Wildman–Crippen LogP) is 3.62. The summed E-state index contributed by atoms with van der Waals surface area (Å²) in [5, 5.41) is 4.32. The first-order chi connectivity index (χ1) is 16.6. The molecule has 0 bridgehead atoms. The summed E-state index contributed by atoms with van der Waals surface area (Å²) in [5.41, 5.74) is 1.25. The van der Waals surface area contributed by atoms with Gasteiger partial charge in [-0.2, -0.15) is 14.6 Å². The Labute approximate surface area is 201 Å². The van der Waals surface area contributed by atoms with E-state index in [0.29, 0.717) is 35.7 Å².